The van der Waals surface area contributed by atoms with Crippen molar-refractivity contribution in [3.05, 3.63) is 84.5 Å². The number of methoxy groups -OCH3 is 2. The van der Waals surface area contributed by atoms with Gasteiger partial charge in [0.15, 0.2) is 17.3 Å². The molecule has 2 aromatic heterocycles. The van der Waals surface area contributed by atoms with Crippen molar-refractivity contribution in [3.63, 3.8) is 0 Å². The van der Waals surface area contributed by atoms with Gasteiger partial charge in [0.1, 0.15) is 5.58 Å². The predicted octanol–water partition coefficient (Wildman–Crippen LogP) is 6.89. The number of para-hydroxylation sites is 1. The molecule has 0 saturated heterocycles. The molecule has 5 aromatic rings. The number of rotatable bonds is 5. The molecular formula is C25H16Br2ClN3O4. The summed E-state index contributed by atoms with van der Waals surface area (Å²) in [5, 5.41) is 6.31. The van der Waals surface area contributed by atoms with Gasteiger partial charge in [-0.2, -0.15) is 9.78 Å². The second-order valence-corrected chi connectivity index (χ2v) is 9.46. The van der Waals surface area contributed by atoms with Crippen molar-refractivity contribution >= 4 is 71.5 Å². The number of halogens is 3. The van der Waals surface area contributed by atoms with Crippen LogP contribution in [0.1, 0.15) is 5.56 Å². The maximum Gasteiger partial charge on any atom is 0.282 e. The van der Waals surface area contributed by atoms with E-state index < -0.39 is 0 Å². The molecule has 0 saturated carbocycles. The van der Waals surface area contributed by atoms with Crippen LogP contribution in [-0.4, -0.2) is 30.1 Å². The Balaban J connectivity index is 1.73. The van der Waals surface area contributed by atoms with Gasteiger partial charge < -0.3 is 13.9 Å². The molecule has 0 radical (unpaired) electrons. The molecule has 3 aromatic carbocycles. The Labute approximate surface area is 221 Å². The van der Waals surface area contributed by atoms with Gasteiger partial charge in [-0.3, -0.25) is 4.79 Å². The summed E-state index contributed by atoms with van der Waals surface area (Å²) in [4.78, 5) is 18.2. The minimum absolute atomic E-state index is 0.257. The average Bonchev–Trinajstić information content (AvgIpc) is 3.28. The van der Waals surface area contributed by atoms with E-state index in [1.165, 1.54) is 10.9 Å². The van der Waals surface area contributed by atoms with E-state index in [2.05, 4.69) is 37.0 Å². The lowest BCUT2D eigenvalue weighted by Gasteiger charge is -2.13. The first kappa shape index (κ1) is 23.6. The van der Waals surface area contributed by atoms with Crippen LogP contribution in [-0.2, 0) is 0 Å². The molecule has 0 bridgehead atoms. The summed E-state index contributed by atoms with van der Waals surface area (Å²) in [7, 11) is 3.10. The van der Waals surface area contributed by atoms with Gasteiger partial charge in [-0.1, -0.05) is 23.7 Å². The number of hydrogen-bond donors (Lipinski definition) is 0. The molecule has 5 rings (SSSR count). The molecule has 35 heavy (non-hydrogen) atoms. The van der Waals surface area contributed by atoms with Gasteiger partial charge in [0.2, 0.25) is 5.82 Å². The minimum atomic E-state index is -0.337. The first-order valence-electron chi connectivity index (χ1n) is 10.3. The highest BCUT2D eigenvalue weighted by atomic mass is 79.9. The lowest BCUT2D eigenvalue weighted by molar-refractivity contribution is 0.353. The Morgan fingerprint density at radius 1 is 1.06 bits per heavy atom. The van der Waals surface area contributed by atoms with E-state index in [0.717, 1.165) is 5.39 Å². The summed E-state index contributed by atoms with van der Waals surface area (Å²) in [6, 6.07) is 15.9. The maximum atomic E-state index is 13.5. The Hall–Kier alpha value is -3.14. The molecule has 0 aliphatic carbocycles. The van der Waals surface area contributed by atoms with Gasteiger partial charge in [0.25, 0.3) is 5.56 Å². The van der Waals surface area contributed by atoms with Crippen molar-refractivity contribution in [2.24, 2.45) is 5.10 Å². The largest absolute Gasteiger partial charge is 0.493 e. The lowest BCUT2D eigenvalue weighted by atomic mass is 10.2. The molecule has 2 heterocycles. The number of ether oxygens (including phenoxy) is 2. The Bertz CT molecular complexity index is 1690. The topological polar surface area (TPSA) is 78.9 Å². The smallest absolute Gasteiger partial charge is 0.282 e. The van der Waals surface area contributed by atoms with Gasteiger partial charge >= 0.3 is 0 Å². The highest BCUT2D eigenvalue weighted by Gasteiger charge is 2.18. The second-order valence-electron chi connectivity index (χ2n) is 7.44. The van der Waals surface area contributed by atoms with E-state index in [4.69, 9.17) is 30.5 Å². The molecule has 7 nitrogen and oxygen atoms in total. The second kappa shape index (κ2) is 9.49. The third-order valence-corrected chi connectivity index (χ3v) is 7.72. The van der Waals surface area contributed by atoms with Crippen LogP contribution < -0.4 is 15.0 Å². The van der Waals surface area contributed by atoms with E-state index in [-0.39, 0.29) is 11.4 Å². The number of furan rings is 1. The normalized spacial score (nSPS) is 11.6. The molecule has 0 aliphatic rings. The molecule has 0 unspecified atom stereocenters. The van der Waals surface area contributed by atoms with Crippen molar-refractivity contribution in [1.82, 2.24) is 9.66 Å². The van der Waals surface area contributed by atoms with Crippen molar-refractivity contribution < 1.29 is 13.9 Å². The van der Waals surface area contributed by atoms with Crippen LogP contribution in [0.5, 0.6) is 11.5 Å². The fraction of sp³-hybridized carbons (Fsp3) is 0.0800. The highest BCUT2D eigenvalue weighted by Crippen LogP contribution is 2.42. The van der Waals surface area contributed by atoms with Crippen LogP contribution >= 0.6 is 43.5 Å². The standard InChI is InChI=1S/C25H16Br2ClN3O4/c1-33-19-11-14(21(26)22(27)23(19)34-2)12-29-31-24(30-17-6-4-3-5-16(17)25(31)32)20-10-13-9-15(28)7-8-18(13)35-20/h3-12H,1-2H3. The van der Waals surface area contributed by atoms with Gasteiger partial charge in [0.05, 0.1) is 35.8 Å². The number of hydrogen-bond acceptors (Lipinski definition) is 6. The summed E-state index contributed by atoms with van der Waals surface area (Å²) < 4.78 is 19.4. The SMILES string of the molecule is COc1cc(C=Nn2c(-c3cc4cc(Cl)ccc4o3)nc3ccccc3c2=O)c(Br)c(Br)c1OC. The lowest BCUT2D eigenvalue weighted by Crippen LogP contribution is -2.20. The number of benzene rings is 3. The van der Waals surface area contributed by atoms with Gasteiger partial charge in [-0.15, -0.1) is 0 Å². The molecule has 10 heteroatoms. The third kappa shape index (κ3) is 4.24. The Morgan fingerprint density at radius 3 is 2.63 bits per heavy atom. The fourth-order valence-electron chi connectivity index (χ4n) is 3.68. The van der Waals surface area contributed by atoms with Crippen molar-refractivity contribution in [2.45, 2.75) is 0 Å². The number of nitrogens with zero attached hydrogens (tertiary/aromatic N) is 3. The zero-order valence-electron chi connectivity index (χ0n) is 18.4. The molecule has 0 spiro atoms. The number of aromatic nitrogens is 2. The first-order valence-corrected chi connectivity index (χ1v) is 12.2. The Kier molecular flexibility index (Phi) is 6.39. The molecule has 0 aliphatic heterocycles. The maximum absolute atomic E-state index is 13.5. The average molecular weight is 618 g/mol. The Morgan fingerprint density at radius 2 is 1.86 bits per heavy atom. The van der Waals surface area contributed by atoms with E-state index in [0.29, 0.717) is 53.3 Å². The molecular weight excluding hydrogens is 602 g/mol. The van der Waals surface area contributed by atoms with Crippen LogP contribution in [0.2, 0.25) is 5.02 Å². The van der Waals surface area contributed by atoms with Gasteiger partial charge in [-0.05, 0) is 74.3 Å². The fourth-order valence-corrected chi connectivity index (χ4v) is 4.84. The summed E-state index contributed by atoms with van der Waals surface area (Å²) in [6.45, 7) is 0. The highest BCUT2D eigenvalue weighted by molar-refractivity contribution is 9.13. The van der Waals surface area contributed by atoms with E-state index in [1.807, 2.05) is 6.07 Å². The van der Waals surface area contributed by atoms with Crippen molar-refractivity contribution in [3.8, 4) is 23.1 Å². The van der Waals surface area contributed by atoms with Gasteiger partial charge in [0, 0.05) is 20.4 Å². The van der Waals surface area contributed by atoms with Crippen molar-refractivity contribution in [1.29, 1.82) is 0 Å². The number of fused-ring (bicyclic) bond motifs is 2. The zero-order chi connectivity index (χ0) is 24.7. The van der Waals surface area contributed by atoms with Gasteiger partial charge in [-0.25, -0.2) is 4.98 Å². The van der Waals surface area contributed by atoms with Crippen LogP contribution in [0, 0.1) is 0 Å². The molecule has 0 atom stereocenters. The van der Waals surface area contributed by atoms with E-state index in [9.17, 15) is 4.79 Å². The summed E-state index contributed by atoms with van der Waals surface area (Å²) in [5.74, 6) is 1.67. The first-order chi connectivity index (χ1) is 16.9. The minimum Gasteiger partial charge on any atom is -0.493 e. The molecule has 176 valence electrons. The van der Waals surface area contributed by atoms with Crippen LogP contribution in [0.4, 0.5) is 0 Å². The molecule has 0 fully saturated rings. The quantitative estimate of drug-likeness (QED) is 0.201. The summed E-state index contributed by atoms with van der Waals surface area (Å²) in [6.07, 6.45) is 1.54. The predicted molar refractivity (Wildman–Crippen MR) is 144 cm³/mol. The summed E-state index contributed by atoms with van der Waals surface area (Å²) in [5.41, 5.74) is 1.47. The van der Waals surface area contributed by atoms with Crippen LogP contribution in [0.3, 0.4) is 0 Å². The van der Waals surface area contributed by atoms with E-state index in [1.54, 1.807) is 62.8 Å². The summed E-state index contributed by atoms with van der Waals surface area (Å²) >= 11 is 13.2. The third-order valence-electron chi connectivity index (χ3n) is 5.34. The molecule has 0 amide bonds. The van der Waals surface area contributed by atoms with Crippen LogP contribution in [0.25, 0.3) is 33.5 Å². The monoisotopic (exact) mass is 615 g/mol. The zero-order valence-corrected chi connectivity index (χ0v) is 22.3. The molecule has 0 N–H and O–H groups in total. The van der Waals surface area contributed by atoms with E-state index >= 15 is 0 Å². The van der Waals surface area contributed by atoms with Crippen molar-refractivity contribution in [2.75, 3.05) is 14.2 Å². The van der Waals surface area contributed by atoms with Crippen LogP contribution in [0.15, 0.2) is 77.9 Å².